The Hall–Kier alpha value is -1.56. The number of nitrogens with two attached hydrogens (primary N) is 1. The van der Waals surface area contributed by atoms with Crippen LogP contribution in [-0.4, -0.2) is 49.2 Å². The normalized spacial score (nSPS) is 11.1. The van der Waals surface area contributed by atoms with Crippen LogP contribution in [0.3, 0.4) is 0 Å². The number of nitrogens with zero attached hydrogens (tertiary/aromatic N) is 3. The maximum Gasteiger partial charge on any atom is 0.242 e. The van der Waals surface area contributed by atoms with Gasteiger partial charge >= 0.3 is 0 Å². The Labute approximate surface area is 109 Å². The van der Waals surface area contributed by atoms with Gasteiger partial charge in [0.25, 0.3) is 0 Å². The third-order valence-corrected chi connectivity index (χ3v) is 2.49. The summed E-state index contributed by atoms with van der Waals surface area (Å²) in [6, 6.07) is 0. The first-order chi connectivity index (χ1) is 8.45. The third kappa shape index (κ3) is 3.73. The number of rotatable bonds is 6. The number of nitrogens with one attached hydrogen (secondary N) is 1. The molecule has 0 amide bonds. The lowest BCUT2D eigenvalue weighted by molar-refractivity contribution is 0.396. The van der Waals surface area contributed by atoms with Crippen LogP contribution < -0.4 is 15.8 Å². The van der Waals surface area contributed by atoms with Gasteiger partial charge in [-0.05, 0) is 14.1 Å². The highest BCUT2D eigenvalue weighted by Gasteiger charge is 2.14. The van der Waals surface area contributed by atoms with E-state index in [9.17, 15) is 0 Å². The van der Waals surface area contributed by atoms with Crippen molar-refractivity contribution < 1.29 is 4.74 Å². The predicted octanol–water partition coefficient (Wildman–Crippen LogP) is 1.16. The molecule has 3 N–H and O–H groups in total. The highest BCUT2D eigenvalue weighted by Crippen LogP contribution is 2.27. The predicted molar refractivity (Wildman–Crippen MR) is 74.1 cm³/mol. The Morgan fingerprint density at radius 3 is 2.50 bits per heavy atom. The molecule has 18 heavy (non-hydrogen) atoms. The van der Waals surface area contributed by atoms with Gasteiger partial charge < -0.3 is 20.7 Å². The molecule has 0 spiro atoms. The third-order valence-electron chi connectivity index (χ3n) is 2.49. The Morgan fingerprint density at radius 1 is 1.33 bits per heavy atom. The van der Waals surface area contributed by atoms with Gasteiger partial charge in [0.1, 0.15) is 11.5 Å². The lowest BCUT2D eigenvalue weighted by Gasteiger charge is -2.15. The first kappa shape index (κ1) is 14.5. The lowest BCUT2D eigenvalue weighted by atomic mass is 10.2. The van der Waals surface area contributed by atoms with E-state index in [4.69, 9.17) is 10.5 Å². The molecule has 0 aliphatic carbocycles. The molecule has 0 radical (unpaired) electrons. The number of anilines is 2. The van der Waals surface area contributed by atoms with E-state index in [0.29, 0.717) is 17.4 Å². The number of methoxy groups -OCH3 is 1. The SMILES string of the molecule is COc1nc(C(C)C)nc(NCCN(C)C)c1N. The van der Waals surface area contributed by atoms with Gasteiger partial charge in [-0.1, -0.05) is 13.8 Å². The van der Waals surface area contributed by atoms with Gasteiger partial charge in [-0.2, -0.15) is 4.98 Å². The van der Waals surface area contributed by atoms with E-state index in [2.05, 4.69) is 20.2 Å². The maximum atomic E-state index is 5.95. The monoisotopic (exact) mass is 253 g/mol. The fraction of sp³-hybridized carbons (Fsp3) is 0.667. The fourth-order valence-corrected chi connectivity index (χ4v) is 1.41. The molecule has 6 nitrogen and oxygen atoms in total. The Morgan fingerprint density at radius 2 is 2.00 bits per heavy atom. The van der Waals surface area contributed by atoms with Crippen molar-refractivity contribution in [1.29, 1.82) is 0 Å². The van der Waals surface area contributed by atoms with Gasteiger partial charge in [0.15, 0.2) is 5.82 Å². The van der Waals surface area contributed by atoms with Crippen molar-refractivity contribution in [3.8, 4) is 5.88 Å². The first-order valence-electron chi connectivity index (χ1n) is 6.05. The van der Waals surface area contributed by atoms with E-state index in [-0.39, 0.29) is 5.92 Å². The summed E-state index contributed by atoms with van der Waals surface area (Å²) in [6.45, 7) is 5.75. The molecule has 0 unspecified atom stereocenters. The van der Waals surface area contributed by atoms with Crippen LogP contribution in [0.4, 0.5) is 11.5 Å². The van der Waals surface area contributed by atoms with Crippen LogP contribution in [0.15, 0.2) is 0 Å². The lowest BCUT2D eigenvalue weighted by Crippen LogP contribution is -2.22. The van der Waals surface area contributed by atoms with E-state index >= 15 is 0 Å². The second-order valence-corrected chi connectivity index (χ2v) is 4.74. The van der Waals surface area contributed by atoms with Gasteiger partial charge in [0.05, 0.1) is 7.11 Å². The summed E-state index contributed by atoms with van der Waals surface area (Å²) in [7, 11) is 5.60. The quantitative estimate of drug-likeness (QED) is 0.792. The summed E-state index contributed by atoms with van der Waals surface area (Å²) in [5.41, 5.74) is 6.41. The van der Waals surface area contributed by atoms with Gasteiger partial charge in [0, 0.05) is 19.0 Å². The van der Waals surface area contributed by atoms with Gasteiger partial charge in [-0.3, -0.25) is 0 Å². The highest BCUT2D eigenvalue weighted by atomic mass is 16.5. The molecule has 1 rings (SSSR count). The van der Waals surface area contributed by atoms with E-state index in [1.54, 1.807) is 7.11 Å². The summed E-state index contributed by atoms with van der Waals surface area (Å²) >= 11 is 0. The minimum atomic E-state index is 0.230. The molecule has 1 aromatic rings. The van der Waals surface area contributed by atoms with Crippen LogP contribution in [0.2, 0.25) is 0 Å². The first-order valence-corrected chi connectivity index (χ1v) is 6.05. The number of aromatic nitrogens is 2. The Balaban J connectivity index is 2.91. The molecule has 0 saturated carbocycles. The minimum Gasteiger partial charge on any atom is -0.479 e. The van der Waals surface area contributed by atoms with Crippen molar-refractivity contribution in [2.75, 3.05) is 45.3 Å². The van der Waals surface area contributed by atoms with Crippen LogP contribution in [-0.2, 0) is 0 Å². The number of likely N-dealkylation sites (N-methyl/N-ethyl adjacent to an activating group) is 1. The largest absolute Gasteiger partial charge is 0.479 e. The Bertz CT molecular complexity index is 392. The molecule has 0 aliphatic heterocycles. The van der Waals surface area contributed by atoms with Crippen LogP contribution in [0.1, 0.15) is 25.6 Å². The number of nitrogen functional groups attached to an aromatic ring is 1. The van der Waals surface area contributed by atoms with Crippen LogP contribution in [0.5, 0.6) is 5.88 Å². The summed E-state index contributed by atoms with van der Waals surface area (Å²) in [5.74, 6) is 2.04. The molecule has 1 aromatic heterocycles. The van der Waals surface area contributed by atoms with Crippen molar-refractivity contribution in [3.63, 3.8) is 0 Å². The summed E-state index contributed by atoms with van der Waals surface area (Å²) < 4.78 is 5.18. The Kier molecular flexibility index (Phi) is 5.15. The van der Waals surface area contributed by atoms with E-state index < -0.39 is 0 Å². The fourth-order valence-electron chi connectivity index (χ4n) is 1.41. The summed E-state index contributed by atoms with van der Waals surface area (Å²) in [5, 5.41) is 3.22. The number of hydrogen-bond donors (Lipinski definition) is 2. The van der Waals surface area contributed by atoms with Crippen molar-refractivity contribution in [2.45, 2.75) is 19.8 Å². The standard InChI is InChI=1S/C12H23N5O/c1-8(2)10-15-11(14-6-7-17(3)4)9(13)12(16-10)18-5/h8H,6-7,13H2,1-5H3,(H,14,15,16). The molecule has 0 atom stereocenters. The summed E-state index contributed by atoms with van der Waals surface area (Å²) in [6.07, 6.45) is 0. The molecule has 0 fully saturated rings. The van der Waals surface area contributed by atoms with Crippen LogP contribution in [0, 0.1) is 0 Å². The molecule has 0 bridgehead atoms. The molecule has 0 aliphatic rings. The highest BCUT2D eigenvalue weighted by molar-refractivity contribution is 5.67. The molecular weight excluding hydrogens is 230 g/mol. The minimum absolute atomic E-state index is 0.230. The van der Waals surface area contributed by atoms with Gasteiger partial charge in [-0.25, -0.2) is 4.98 Å². The van der Waals surface area contributed by atoms with E-state index in [0.717, 1.165) is 18.9 Å². The average molecular weight is 253 g/mol. The van der Waals surface area contributed by atoms with E-state index in [1.807, 2.05) is 27.9 Å². The van der Waals surface area contributed by atoms with Crippen molar-refractivity contribution >= 4 is 11.5 Å². The molecule has 0 aromatic carbocycles. The molecule has 0 saturated heterocycles. The zero-order chi connectivity index (χ0) is 13.7. The zero-order valence-corrected chi connectivity index (χ0v) is 11.8. The molecule has 1 heterocycles. The van der Waals surface area contributed by atoms with Crippen LogP contribution in [0.25, 0.3) is 0 Å². The van der Waals surface area contributed by atoms with Crippen molar-refractivity contribution in [3.05, 3.63) is 5.82 Å². The number of hydrogen-bond acceptors (Lipinski definition) is 6. The zero-order valence-electron chi connectivity index (χ0n) is 11.8. The molecule has 102 valence electrons. The summed E-state index contributed by atoms with van der Waals surface area (Å²) in [4.78, 5) is 10.8. The second-order valence-electron chi connectivity index (χ2n) is 4.74. The van der Waals surface area contributed by atoms with Crippen molar-refractivity contribution in [2.24, 2.45) is 0 Å². The molecule has 6 heteroatoms. The van der Waals surface area contributed by atoms with Crippen molar-refractivity contribution in [1.82, 2.24) is 14.9 Å². The van der Waals surface area contributed by atoms with Gasteiger partial charge in [0.2, 0.25) is 5.88 Å². The number of ether oxygens (including phenoxy) is 1. The second kappa shape index (κ2) is 6.39. The maximum absolute atomic E-state index is 5.95. The molecular formula is C12H23N5O. The van der Waals surface area contributed by atoms with Gasteiger partial charge in [-0.15, -0.1) is 0 Å². The topological polar surface area (TPSA) is 76.3 Å². The average Bonchev–Trinajstić information content (AvgIpc) is 2.30. The smallest absolute Gasteiger partial charge is 0.242 e. The van der Waals surface area contributed by atoms with E-state index in [1.165, 1.54) is 0 Å². The van der Waals surface area contributed by atoms with Crippen LogP contribution >= 0.6 is 0 Å².